The molecule has 2 aromatic rings. The van der Waals surface area contributed by atoms with Crippen molar-refractivity contribution in [2.45, 2.75) is 6.92 Å². The van der Waals surface area contributed by atoms with Crippen LogP contribution in [0.15, 0.2) is 48.5 Å². The first-order valence-electron chi connectivity index (χ1n) is 5.33. The molecule has 0 bridgehead atoms. The molecule has 0 saturated carbocycles. The predicted octanol–water partition coefficient (Wildman–Crippen LogP) is 3.60. The molecule has 0 aromatic heterocycles. The zero-order valence-corrected chi connectivity index (χ0v) is 9.60. The molecule has 0 aliphatic rings. The summed E-state index contributed by atoms with van der Waals surface area (Å²) in [7, 11) is 1.69. The van der Waals surface area contributed by atoms with Crippen molar-refractivity contribution in [2.75, 3.05) is 7.11 Å². The third-order valence-electron chi connectivity index (χ3n) is 2.50. The van der Waals surface area contributed by atoms with E-state index in [1.807, 2.05) is 18.2 Å². The molecule has 81 valence electrons. The van der Waals surface area contributed by atoms with Gasteiger partial charge in [-0.2, -0.15) is 0 Å². The Bertz CT molecular complexity index is 457. The Morgan fingerprint density at radius 3 is 2.38 bits per heavy atom. The maximum atomic E-state index is 5.19. The molecule has 0 aliphatic carbocycles. The molecule has 1 radical (unpaired) electrons. The predicted molar refractivity (Wildman–Crippen MR) is 66.7 cm³/mol. The number of benzene rings is 2. The van der Waals surface area contributed by atoms with Crippen molar-refractivity contribution in [3.8, 4) is 5.75 Å². The number of aryl methyl sites for hydroxylation is 1. The molecule has 0 fully saturated rings. The van der Waals surface area contributed by atoms with E-state index in [1.165, 1.54) is 11.1 Å². The molecule has 0 spiro atoms. The molecule has 0 aliphatic heterocycles. The van der Waals surface area contributed by atoms with Gasteiger partial charge in [0.25, 0.3) is 0 Å². The van der Waals surface area contributed by atoms with Gasteiger partial charge in [-0.1, -0.05) is 42.0 Å². The molecular formula is C15H15O. The molecule has 1 nitrogen and oxygen atoms in total. The Hall–Kier alpha value is -1.76. The minimum absolute atomic E-state index is 0.890. The smallest absolute Gasteiger partial charge is 0.119 e. The Morgan fingerprint density at radius 2 is 1.69 bits per heavy atom. The summed E-state index contributed by atoms with van der Waals surface area (Å²) in [6.07, 6.45) is 2.14. The van der Waals surface area contributed by atoms with Crippen LogP contribution in [-0.2, 0) is 0 Å². The molecular weight excluding hydrogens is 196 g/mol. The number of rotatable bonds is 3. The van der Waals surface area contributed by atoms with Gasteiger partial charge in [-0.25, -0.2) is 0 Å². The van der Waals surface area contributed by atoms with Crippen molar-refractivity contribution >= 4 is 0 Å². The summed E-state index contributed by atoms with van der Waals surface area (Å²) in [5.41, 5.74) is 3.64. The van der Waals surface area contributed by atoms with Gasteiger partial charge in [0.05, 0.1) is 7.11 Å². The first-order valence-corrected chi connectivity index (χ1v) is 5.33. The molecule has 2 aromatic carbocycles. The van der Waals surface area contributed by atoms with E-state index >= 15 is 0 Å². The summed E-state index contributed by atoms with van der Waals surface area (Å²) in [6.45, 7) is 2.09. The number of methoxy groups -OCH3 is 1. The summed E-state index contributed by atoms with van der Waals surface area (Å²) >= 11 is 0. The third kappa shape index (κ3) is 2.63. The molecule has 2 rings (SSSR count). The Balaban J connectivity index is 2.16. The van der Waals surface area contributed by atoms with Crippen LogP contribution in [0.4, 0.5) is 0 Å². The third-order valence-corrected chi connectivity index (χ3v) is 2.50. The highest BCUT2D eigenvalue weighted by Crippen LogP contribution is 2.17. The second kappa shape index (κ2) is 4.84. The van der Waals surface area contributed by atoms with E-state index in [9.17, 15) is 0 Å². The summed E-state index contributed by atoms with van der Waals surface area (Å²) in [4.78, 5) is 0. The maximum absolute atomic E-state index is 5.19. The highest BCUT2D eigenvalue weighted by atomic mass is 16.5. The Morgan fingerprint density at radius 1 is 0.938 bits per heavy atom. The average molecular weight is 211 g/mol. The lowest BCUT2D eigenvalue weighted by Crippen LogP contribution is -1.87. The van der Waals surface area contributed by atoms with E-state index in [0.29, 0.717) is 0 Å². The van der Waals surface area contributed by atoms with Crippen LogP contribution in [0.2, 0.25) is 0 Å². The van der Waals surface area contributed by atoms with Crippen molar-refractivity contribution in [3.63, 3.8) is 0 Å². The number of ether oxygens (including phenoxy) is 1. The van der Waals surface area contributed by atoms with Crippen molar-refractivity contribution in [1.82, 2.24) is 0 Å². The molecule has 0 unspecified atom stereocenters. The Labute approximate surface area is 96.7 Å². The van der Waals surface area contributed by atoms with Gasteiger partial charge < -0.3 is 4.74 Å². The van der Waals surface area contributed by atoms with E-state index in [4.69, 9.17) is 4.74 Å². The van der Waals surface area contributed by atoms with E-state index in [-0.39, 0.29) is 0 Å². The zero-order valence-electron chi connectivity index (χ0n) is 9.60. The summed E-state index contributed by atoms with van der Waals surface area (Å²) < 4.78 is 5.19. The topological polar surface area (TPSA) is 9.23 Å². The zero-order chi connectivity index (χ0) is 11.4. The number of hydrogen-bond donors (Lipinski definition) is 0. The largest absolute Gasteiger partial charge is 0.497 e. The van der Waals surface area contributed by atoms with Crippen LogP contribution < -0.4 is 4.74 Å². The van der Waals surface area contributed by atoms with Gasteiger partial charge in [0.2, 0.25) is 0 Å². The molecule has 16 heavy (non-hydrogen) atoms. The highest BCUT2D eigenvalue weighted by Gasteiger charge is 1.98. The Kier molecular flexibility index (Phi) is 3.25. The minimum Gasteiger partial charge on any atom is -0.497 e. The van der Waals surface area contributed by atoms with Crippen LogP contribution in [-0.4, -0.2) is 7.11 Å². The number of hydrogen-bond acceptors (Lipinski definition) is 1. The fourth-order valence-electron chi connectivity index (χ4n) is 1.59. The standard InChI is InChI=1S/C15H15O/c1-12-6-8-13(9-7-12)10-14-4-3-5-15(11-14)16-2/h3-11H,1-2H3. The quantitative estimate of drug-likeness (QED) is 0.753. The van der Waals surface area contributed by atoms with Gasteiger partial charge in [-0.05, 0) is 30.2 Å². The molecule has 1 heteroatoms. The van der Waals surface area contributed by atoms with Crippen LogP contribution in [0.5, 0.6) is 5.75 Å². The minimum atomic E-state index is 0.890. The molecule has 0 amide bonds. The van der Waals surface area contributed by atoms with Crippen LogP contribution in [0.3, 0.4) is 0 Å². The highest BCUT2D eigenvalue weighted by molar-refractivity contribution is 5.41. The summed E-state index contributed by atoms with van der Waals surface area (Å²) in [5.74, 6) is 0.890. The normalized spacial score (nSPS) is 10.1. The molecule has 0 atom stereocenters. The van der Waals surface area contributed by atoms with Gasteiger partial charge in [0.1, 0.15) is 5.75 Å². The van der Waals surface area contributed by atoms with Crippen LogP contribution in [0.25, 0.3) is 0 Å². The van der Waals surface area contributed by atoms with E-state index in [0.717, 1.165) is 11.3 Å². The summed E-state index contributed by atoms with van der Waals surface area (Å²) in [6, 6.07) is 16.5. The van der Waals surface area contributed by atoms with Crippen molar-refractivity contribution in [3.05, 3.63) is 71.6 Å². The monoisotopic (exact) mass is 211 g/mol. The van der Waals surface area contributed by atoms with Crippen molar-refractivity contribution in [2.24, 2.45) is 0 Å². The van der Waals surface area contributed by atoms with Crippen molar-refractivity contribution < 1.29 is 4.74 Å². The van der Waals surface area contributed by atoms with Gasteiger partial charge in [-0.15, -0.1) is 0 Å². The molecule has 0 heterocycles. The van der Waals surface area contributed by atoms with Gasteiger partial charge in [0.15, 0.2) is 0 Å². The van der Waals surface area contributed by atoms with E-state index in [1.54, 1.807) is 7.11 Å². The lowest BCUT2D eigenvalue weighted by Gasteiger charge is -2.04. The SMILES string of the molecule is COc1cccc([CH]c2ccc(C)cc2)c1. The van der Waals surface area contributed by atoms with Crippen LogP contribution in [0, 0.1) is 13.3 Å². The first-order chi connectivity index (χ1) is 7.78. The van der Waals surface area contributed by atoms with Gasteiger partial charge in [0, 0.05) is 6.42 Å². The fraction of sp³-hybridized carbons (Fsp3) is 0.133. The van der Waals surface area contributed by atoms with Gasteiger partial charge in [-0.3, -0.25) is 0 Å². The maximum Gasteiger partial charge on any atom is 0.119 e. The summed E-state index contributed by atoms with van der Waals surface area (Å²) in [5, 5.41) is 0. The van der Waals surface area contributed by atoms with E-state index in [2.05, 4.69) is 43.7 Å². The van der Waals surface area contributed by atoms with Crippen molar-refractivity contribution in [1.29, 1.82) is 0 Å². The fourth-order valence-corrected chi connectivity index (χ4v) is 1.59. The van der Waals surface area contributed by atoms with Gasteiger partial charge >= 0.3 is 0 Å². The van der Waals surface area contributed by atoms with Crippen LogP contribution in [0.1, 0.15) is 16.7 Å². The molecule has 0 saturated heterocycles. The second-order valence-corrected chi connectivity index (χ2v) is 3.83. The first kappa shape index (κ1) is 10.7. The average Bonchev–Trinajstić information content (AvgIpc) is 2.32. The van der Waals surface area contributed by atoms with E-state index < -0.39 is 0 Å². The molecule has 0 N–H and O–H groups in total. The van der Waals surface area contributed by atoms with Crippen LogP contribution >= 0.6 is 0 Å². The second-order valence-electron chi connectivity index (χ2n) is 3.83. The lowest BCUT2D eigenvalue weighted by atomic mass is 10.0. The lowest BCUT2D eigenvalue weighted by molar-refractivity contribution is 0.414.